The molecule has 29 heavy (non-hydrogen) atoms. The Morgan fingerprint density at radius 1 is 1.24 bits per heavy atom. The predicted octanol–water partition coefficient (Wildman–Crippen LogP) is 3.87. The molecule has 154 valence electrons. The van der Waals surface area contributed by atoms with Gasteiger partial charge in [0.15, 0.2) is 0 Å². The van der Waals surface area contributed by atoms with Gasteiger partial charge in [-0.05, 0) is 45.0 Å². The quantitative estimate of drug-likeness (QED) is 0.545. The van der Waals surface area contributed by atoms with E-state index in [0.29, 0.717) is 17.8 Å². The number of methoxy groups -OCH3 is 1. The molecule has 2 aromatic carbocycles. The molecule has 1 heterocycles. The van der Waals surface area contributed by atoms with Crippen molar-refractivity contribution in [2.24, 2.45) is 0 Å². The number of rotatable bonds is 7. The molecule has 2 N–H and O–H groups in total. The number of likely N-dealkylation sites (tertiary alicyclic amines) is 1. The average molecular weight is 398 g/mol. The maximum absolute atomic E-state index is 12.4. The van der Waals surface area contributed by atoms with Crippen molar-refractivity contribution in [2.45, 2.75) is 25.8 Å². The minimum absolute atomic E-state index is 0.00764. The summed E-state index contributed by atoms with van der Waals surface area (Å²) in [5.74, 6) is 0.792. The summed E-state index contributed by atoms with van der Waals surface area (Å²) in [6, 6.07) is 12.1. The predicted molar refractivity (Wildman–Crippen MR) is 111 cm³/mol. The third-order valence-electron chi connectivity index (χ3n) is 5.20. The molecular weight excluding hydrogens is 372 g/mol. The van der Waals surface area contributed by atoms with Gasteiger partial charge >= 0.3 is 6.03 Å². The van der Waals surface area contributed by atoms with Gasteiger partial charge in [-0.1, -0.05) is 24.3 Å². The molecule has 1 unspecified atom stereocenters. The SMILES string of the molecule is COc1ccccc1C(CNC(=O)Nc1ccc(C)c([N+](=O)[O-])c1)N1CCCC1. The molecule has 8 nitrogen and oxygen atoms in total. The van der Waals surface area contributed by atoms with Crippen molar-refractivity contribution in [3.63, 3.8) is 0 Å². The van der Waals surface area contributed by atoms with E-state index >= 15 is 0 Å². The first kappa shape index (κ1) is 20.6. The van der Waals surface area contributed by atoms with E-state index in [1.165, 1.54) is 6.07 Å². The van der Waals surface area contributed by atoms with E-state index in [-0.39, 0.29) is 11.7 Å². The lowest BCUT2D eigenvalue weighted by Crippen LogP contribution is -2.38. The summed E-state index contributed by atoms with van der Waals surface area (Å²) in [6.07, 6.45) is 2.26. The van der Waals surface area contributed by atoms with Gasteiger partial charge in [0.25, 0.3) is 5.69 Å². The third-order valence-corrected chi connectivity index (χ3v) is 5.20. The smallest absolute Gasteiger partial charge is 0.319 e. The van der Waals surface area contributed by atoms with Crippen LogP contribution in [0.25, 0.3) is 0 Å². The first-order chi connectivity index (χ1) is 14.0. The number of carbonyl (C=O) groups is 1. The molecule has 0 saturated carbocycles. The summed E-state index contributed by atoms with van der Waals surface area (Å²) in [6.45, 7) is 4.00. The maximum atomic E-state index is 12.4. The highest BCUT2D eigenvalue weighted by Gasteiger charge is 2.26. The van der Waals surface area contributed by atoms with E-state index < -0.39 is 11.0 Å². The fourth-order valence-corrected chi connectivity index (χ4v) is 3.68. The monoisotopic (exact) mass is 398 g/mol. The van der Waals surface area contributed by atoms with Crippen LogP contribution in [-0.2, 0) is 0 Å². The molecule has 3 rings (SSSR count). The van der Waals surface area contributed by atoms with Crippen LogP contribution >= 0.6 is 0 Å². The molecule has 1 saturated heterocycles. The Labute approximate surface area is 170 Å². The van der Waals surface area contributed by atoms with Gasteiger partial charge in [-0.3, -0.25) is 15.0 Å². The van der Waals surface area contributed by atoms with Crippen molar-refractivity contribution in [2.75, 3.05) is 32.1 Å². The number of aryl methyl sites for hydroxylation is 1. The van der Waals surface area contributed by atoms with E-state index in [1.807, 2.05) is 24.3 Å². The van der Waals surface area contributed by atoms with Gasteiger partial charge in [0.2, 0.25) is 0 Å². The van der Waals surface area contributed by atoms with E-state index in [1.54, 1.807) is 26.2 Å². The van der Waals surface area contributed by atoms with Crippen molar-refractivity contribution in [3.8, 4) is 5.75 Å². The van der Waals surface area contributed by atoms with Crippen LogP contribution in [0.5, 0.6) is 5.75 Å². The second kappa shape index (κ2) is 9.38. The number of para-hydroxylation sites is 1. The summed E-state index contributed by atoms with van der Waals surface area (Å²) in [4.78, 5) is 25.4. The zero-order valence-electron chi connectivity index (χ0n) is 16.7. The number of urea groups is 1. The van der Waals surface area contributed by atoms with Crippen LogP contribution < -0.4 is 15.4 Å². The molecule has 1 atom stereocenters. The molecule has 2 amide bonds. The number of anilines is 1. The highest BCUT2D eigenvalue weighted by molar-refractivity contribution is 5.89. The fraction of sp³-hybridized carbons (Fsp3) is 0.381. The van der Waals surface area contributed by atoms with Crippen molar-refractivity contribution < 1.29 is 14.5 Å². The first-order valence-corrected chi connectivity index (χ1v) is 9.66. The lowest BCUT2D eigenvalue weighted by atomic mass is 10.0. The second-order valence-electron chi connectivity index (χ2n) is 7.09. The molecule has 0 bridgehead atoms. The Morgan fingerprint density at radius 3 is 2.66 bits per heavy atom. The van der Waals surface area contributed by atoms with E-state index in [9.17, 15) is 14.9 Å². The van der Waals surface area contributed by atoms with E-state index in [2.05, 4.69) is 15.5 Å². The van der Waals surface area contributed by atoms with Crippen molar-refractivity contribution in [1.82, 2.24) is 10.2 Å². The van der Waals surface area contributed by atoms with Crippen molar-refractivity contribution in [1.29, 1.82) is 0 Å². The third kappa shape index (κ3) is 5.03. The topological polar surface area (TPSA) is 96.7 Å². The van der Waals surface area contributed by atoms with Gasteiger partial charge in [-0.25, -0.2) is 4.79 Å². The van der Waals surface area contributed by atoms with Crippen molar-refractivity contribution in [3.05, 3.63) is 63.7 Å². The standard InChI is InChI=1S/C21H26N4O4/c1-15-9-10-16(13-18(15)25(27)28)23-21(26)22-14-19(24-11-5-6-12-24)17-7-3-4-8-20(17)29-2/h3-4,7-10,13,19H,5-6,11-12,14H2,1-2H3,(H2,22,23,26). The Kier molecular flexibility index (Phi) is 6.66. The molecule has 1 aliphatic heterocycles. The Hall–Kier alpha value is -3.13. The minimum atomic E-state index is -0.455. The van der Waals surface area contributed by atoms with E-state index in [0.717, 1.165) is 37.2 Å². The number of nitrogens with one attached hydrogen (secondary N) is 2. The van der Waals surface area contributed by atoms with Crippen LogP contribution in [-0.4, -0.2) is 42.6 Å². The summed E-state index contributed by atoms with van der Waals surface area (Å²) in [5, 5.41) is 16.7. The van der Waals surface area contributed by atoms with Gasteiger partial charge in [-0.2, -0.15) is 0 Å². The number of ether oxygens (including phenoxy) is 1. The molecule has 2 aromatic rings. The van der Waals surface area contributed by atoms with Crippen LogP contribution in [0.2, 0.25) is 0 Å². The highest BCUT2D eigenvalue weighted by atomic mass is 16.6. The molecular formula is C21H26N4O4. The van der Waals surface area contributed by atoms with Gasteiger partial charge in [0, 0.05) is 29.4 Å². The van der Waals surface area contributed by atoms with Crippen LogP contribution in [0.15, 0.2) is 42.5 Å². The zero-order chi connectivity index (χ0) is 20.8. The van der Waals surface area contributed by atoms with Crippen LogP contribution in [0.3, 0.4) is 0 Å². The maximum Gasteiger partial charge on any atom is 0.319 e. The number of carbonyl (C=O) groups excluding carboxylic acids is 1. The molecule has 0 aliphatic carbocycles. The number of nitro groups is 1. The van der Waals surface area contributed by atoms with Gasteiger partial charge in [0.1, 0.15) is 5.75 Å². The minimum Gasteiger partial charge on any atom is -0.496 e. The van der Waals surface area contributed by atoms with Gasteiger partial charge in [-0.15, -0.1) is 0 Å². The first-order valence-electron chi connectivity index (χ1n) is 9.66. The Morgan fingerprint density at radius 2 is 1.97 bits per heavy atom. The largest absolute Gasteiger partial charge is 0.496 e. The number of benzene rings is 2. The van der Waals surface area contributed by atoms with Crippen molar-refractivity contribution >= 4 is 17.4 Å². The number of nitro benzene ring substituents is 1. The summed E-state index contributed by atoms with van der Waals surface area (Å²) in [5.41, 5.74) is 1.94. The van der Waals surface area contributed by atoms with Crippen LogP contribution in [0, 0.1) is 17.0 Å². The molecule has 0 aromatic heterocycles. The Bertz CT molecular complexity index is 881. The zero-order valence-corrected chi connectivity index (χ0v) is 16.7. The molecule has 0 radical (unpaired) electrons. The number of hydrogen-bond donors (Lipinski definition) is 2. The van der Waals surface area contributed by atoms with Crippen LogP contribution in [0.1, 0.15) is 30.0 Å². The fourth-order valence-electron chi connectivity index (χ4n) is 3.68. The normalized spacial score (nSPS) is 15.0. The summed E-state index contributed by atoms with van der Waals surface area (Å²) < 4.78 is 5.52. The summed E-state index contributed by atoms with van der Waals surface area (Å²) in [7, 11) is 1.64. The summed E-state index contributed by atoms with van der Waals surface area (Å²) >= 11 is 0. The number of amides is 2. The van der Waals surface area contributed by atoms with Gasteiger partial charge < -0.3 is 15.4 Å². The second-order valence-corrected chi connectivity index (χ2v) is 7.09. The highest BCUT2D eigenvalue weighted by Crippen LogP contribution is 2.31. The molecule has 1 fully saturated rings. The number of nitrogens with zero attached hydrogens (tertiary/aromatic N) is 2. The Balaban J connectivity index is 1.70. The van der Waals surface area contributed by atoms with Gasteiger partial charge in [0.05, 0.1) is 18.1 Å². The molecule has 0 spiro atoms. The van der Waals surface area contributed by atoms with E-state index in [4.69, 9.17) is 4.74 Å². The molecule has 8 heteroatoms. The number of hydrogen-bond acceptors (Lipinski definition) is 5. The van der Waals surface area contributed by atoms with Crippen LogP contribution in [0.4, 0.5) is 16.2 Å². The average Bonchev–Trinajstić information content (AvgIpc) is 3.24. The lowest BCUT2D eigenvalue weighted by Gasteiger charge is -2.29. The molecule has 1 aliphatic rings. The lowest BCUT2D eigenvalue weighted by molar-refractivity contribution is -0.385.